The molecule has 1 unspecified atom stereocenters. The molecule has 1 aliphatic heterocycles. The molecule has 2 aromatic carbocycles. The Morgan fingerprint density at radius 2 is 2.04 bits per heavy atom. The molecule has 1 amide bonds. The van der Waals surface area contributed by atoms with E-state index in [0.29, 0.717) is 35.8 Å². The van der Waals surface area contributed by atoms with Crippen molar-refractivity contribution >= 4 is 29.0 Å². The van der Waals surface area contributed by atoms with Crippen molar-refractivity contribution in [2.24, 2.45) is 0 Å². The SMILES string of the molecule is CC(=O)CC1(O)C(=O)N(CCCOc2cccc(C)c2)c2ccc(Cl)cc21. The fourth-order valence-electron chi connectivity index (χ4n) is 3.39. The van der Waals surface area contributed by atoms with Gasteiger partial charge in [-0.3, -0.25) is 9.59 Å². The van der Waals surface area contributed by atoms with Gasteiger partial charge in [-0.05, 0) is 56.2 Å². The Hall–Kier alpha value is -2.37. The molecule has 0 aromatic heterocycles. The van der Waals surface area contributed by atoms with Gasteiger partial charge in [0.15, 0.2) is 5.60 Å². The van der Waals surface area contributed by atoms with Crippen LogP contribution >= 0.6 is 11.6 Å². The van der Waals surface area contributed by atoms with Crippen LogP contribution in [0.3, 0.4) is 0 Å². The van der Waals surface area contributed by atoms with E-state index in [9.17, 15) is 14.7 Å². The number of hydrogen-bond donors (Lipinski definition) is 1. The van der Waals surface area contributed by atoms with Crippen molar-refractivity contribution in [1.82, 2.24) is 0 Å². The Balaban J connectivity index is 1.72. The summed E-state index contributed by atoms with van der Waals surface area (Å²) in [7, 11) is 0. The minimum Gasteiger partial charge on any atom is -0.494 e. The molecule has 1 N–H and O–H groups in total. The number of aliphatic hydroxyl groups is 1. The first-order valence-electron chi connectivity index (χ1n) is 8.84. The molecule has 1 heterocycles. The predicted molar refractivity (Wildman–Crippen MR) is 104 cm³/mol. The average Bonchev–Trinajstić information content (AvgIpc) is 2.79. The molecule has 0 radical (unpaired) electrons. The summed E-state index contributed by atoms with van der Waals surface area (Å²) in [6.07, 6.45) is 0.313. The second-order valence-electron chi connectivity index (χ2n) is 6.88. The van der Waals surface area contributed by atoms with Crippen LogP contribution in [0.15, 0.2) is 42.5 Å². The summed E-state index contributed by atoms with van der Waals surface area (Å²) < 4.78 is 5.73. The Morgan fingerprint density at radius 1 is 1.26 bits per heavy atom. The molecule has 142 valence electrons. The van der Waals surface area contributed by atoms with E-state index in [1.54, 1.807) is 18.2 Å². The summed E-state index contributed by atoms with van der Waals surface area (Å²) in [5.74, 6) is 0.0231. The normalized spacial score (nSPS) is 18.5. The highest BCUT2D eigenvalue weighted by atomic mass is 35.5. The maximum Gasteiger partial charge on any atom is 0.264 e. The largest absolute Gasteiger partial charge is 0.494 e. The number of halogens is 1. The number of fused-ring (bicyclic) bond motifs is 1. The van der Waals surface area contributed by atoms with E-state index >= 15 is 0 Å². The van der Waals surface area contributed by atoms with Gasteiger partial charge in [-0.2, -0.15) is 0 Å². The molecule has 6 heteroatoms. The van der Waals surface area contributed by atoms with Gasteiger partial charge in [-0.15, -0.1) is 0 Å². The van der Waals surface area contributed by atoms with E-state index in [4.69, 9.17) is 16.3 Å². The monoisotopic (exact) mass is 387 g/mol. The molecule has 0 saturated carbocycles. The number of benzene rings is 2. The molecular formula is C21H22ClNO4. The number of rotatable bonds is 7. The van der Waals surface area contributed by atoms with Gasteiger partial charge in [0.05, 0.1) is 12.3 Å². The molecule has 3 rings (SSSR count). The standard InChI is InChI=1S/C21H22ClNO4/c1-14-5-3-6-17(11-14)27-10-4-9-23-19-8-7-16(22)12-18(19)21(26,20(23)25)13-15(2)24/h3,5-8,11-12,26H,4,9-10,13H2,1-2H3. The van der Waals surface area contributed by atoms with E-state index in [-0.39, 0.29) is 12.2 Å². The Kier molecular flexibility index (Phi) is 5.53. The fraction of sp³-hybridized carbons (Fsp3) is 0.333. The number of aryl methyl sites for hydroxylation is 1. The number of amides is 1. The zero-order valence-corrected chi connectivity index (χ0v) is 16.1. The second kappa shape index (κ2) is 7.71. The number of ketones is 1. The molecule has 0 aliphatic carbocycles. The van der Waals surface area contributed by atoms with E-state index in [0.717, 1.165) is 11.3 Å². The topological polar surface area (TPSA) is 66.8 Å². The first-order valence-corrected chi connectivity index (χ1v) is 9.22. The zero-order valence-electron chi connectivity index (χ0n) is 15.4. The van der Waals surface area contributed by atoms with Crippen LogP contribution in [0.5, 0.6) is 5.75 Å². The molecule has 0 spiro atoms. The summed E-state index contributed by atoms with van der Waals surface area (Å²) in [6.45, 7) is 4.16. The third kappa shape index (κ3) is 3.99. The van der Waals surface area contributed by atoms with Crippen LogP contribution in [0.2, 0.25) is 5.02 Å². The Labute approximate surface area is 163 Å². The molecule has 0 saturated heterocycles. The van der Waals surface area contributed by atoms with Gasteiger partial charge in [-0.25, -0.2) is 0 Å². The van der Waals surface area contributed by atoms with Crippen molar-refractivity contribution in [1.29, 1.82) is 0 Å². The van der Waals surface area contributed by atoms with Crippen LogP contribution in [0.25, 0.3) is 0 Å². The van der Waals surface area contributed by atoms with Crippen LogP contribution in [0, 0.1) is 6.92 Å². The van der Waals surface area contributed by atoms with Gasteiger partial charge < -0.3 is 14.7 Å². The highest BCUT2D eigenvalue weighted by molar-refractivity contribution is 6.31. The van der Waals surface area contributed by atoms with Crippen LogP contribution in [0.4, 0.5) is 5.69 Å². The minimum absolute atomic E-state index is 0.263. The van der Waals surface area contributed by atoms with Gasteiger partial charge in [-0.1, -0.05) is 23.7 Å². The Bertz CT molecular complexity index is 882. The average molecular weight is 388 g/mol. The number of anilines is 1. The van der Waals surface area contributed by atoms with Gasteiger partial charge in [0, 0.05) is 23.6 Å². The first-order chi connectivity index (χ1) is 12.8. The van der Waals surface area contributed by atoms with E-state index in [1.807, 2.05) is 31.2 Å². The number of ether oxygens (including phenoxy) is 1. The van der Waals surface area contributed by atoms with E-state index < -0.39 is 11.5 Å². The lowest BCUT2D eigenvalue weighted by atomic mass is 9.90. The first kappa shape index (κ1) is 19.4. The number of Topliss-reactive ketones (excluding diaryl/α,β-unsaturated/α-hetero) is 1. The lowest BCUT2D eigenvalue weighted by Crippen LogP contribution is -2.42. The van der Waals surface area contributed by atoms with E-state index in [2.05, 4.69) is 0 Å². The third-order valence-corrected chi connectivity index (χ3v) is 4.82. The summed E-state index contributed by atoms with van der Waals surface area (Å²) in [4.78, 5) is 26.0. The van der Waals surface area contributed by atoms with Gasteiger partial charge in [0.25, 0.3) is 5.91 Å². The Morgan fingerprint density at radius 3 is 2.74 bits per heavy atom. The van der Waals surface area contributed by atoms with Crippen LogP contribution in [-0.2, 0) is 15.2 Å². The number of nitrogens with zero attached hydrogens (tertiary/aromatic N) is 1. The maximum absolute atomic E-state index is 12.9. The van der Waals surface area contributed by atoms with Crippen LogP contribution < -0.4 is 9.64 Å². The van der Waals surface area contributed by atoms with Crippen molar-refractivity contribution in [3.8, 4) is 5.75 Å². The molecule has 27 heavy (non-hydrogen) atoms. The predicted octanol–water partition coefficient (Wildman–Crippen LogP) is 3.63. The van der Waals surface area contributed by atoms with Crippen molar-refractivity contribution in [2.75, 3.05) is 18.1 Å². The molecular weight excluding hydrogens is 366 g/mol. The van der Waals surface area contributed by atoms with Gasteiger partial charge in [0.1, 0.15) is 11.5 Å². The number of carbonyl (C=O) groups excluding carboxylic acids is 2. The maximum atomic E-state index is 12.9. The number of carbonyl (C=O) groups is 2. The highest BCUT2D eigenvalue weighted by Crippen LogP contribution is 2.43. The minimum atomic E-state index is -1.86. The highest BCUT2D eigenvalue weighted by Gasteiger charge is 2.50. The molecule has 5 nitrogen and oxygen atoms in total. The van der Waals surface area contributed by atoms with Crippen LogP contribution in [-0.4, -0.2) is 29.9 Å². The number of hydrogen-bond acceptors (Lipinski definition) is 4. The zero-order chi connectivity index (χ0) is 19.6. The lowest BCUT2D eigenvalue weighted by molar-refractivity contribution is -0.141. The van der Waals surface area contributed by atoms with E-state index in [1.165, 1.54) is 11.8 Å². The van der Waals surface area contributed by atoms with Crippen molar-refractivity contribution in [3.63, 3.8) is 0 Å². The summed E-state index contributed by atoms with van der Waals surface area (Å²) in [6, 6.07) is 12.7. The van der Waals surface area contributed by atoms with Crippen molar-refractivity contribution < 1.29 is 19.4 Å². The van der Waals surface area contributed by atoms with Crippen molar-refractivity contribution in [2.45, 2.75) is 32.3 Å². The fourth-order valence-corrected chi connectivity index (χ4v) is 3.57. The molecule has 0 fully saturated rings. The molecule has 1 atom stereocenters. The third-order valence-electron chi connectivity index (χ3n) is 4.58. The van der Waals surface area contributed by atoms with Crippen LogP contribution in [0.1, 0.15) is 30.9 Å². The van der Waals surface area contributed by atoms with Crippen molar-refractivity contribution in [3.05, 3.63) is 58.6 Å². The smallest absolute Gasteiger partial charge is 0.264 e. The summed E-state index contributed by atoms with van der Waals surface area (Å²) in [5.41, 5.74) is 0.226. The lowest BCUT2D eigenvalue weighted by Gasteiger charge is -2.22. The quantitative estimate of drug-likeness (QED) is 0.737. The molecule has 1 aliphatic rings. The molecule has 0 bridgehead atoms. The molecule has 2 aromatic rings. The second-order valence-corrected chi connectivity index (χ2v) is 7.31. The van der Waals surface area contributed by atoms with Gasteiger partial charge in [0.2, 0.25) is 0 Å². The summed E-state index contributed by atoms with van der Waals surface area (Å²) in [5, 5.41) is 11.4. The van der Waals surface area contributed by atoms with Gasteiger partial charge >= 0.3 is 0 Å². The summed E-state index contributed by atoms with van der Waals surface area (Å²) >= 11 is 6.04.